The summed E-state index contributed by atoms with van der Waals surface area (Å²) in [6, 6.07) is 16.6. The summed E-state index contributed by atoms with van der Waals surface area (Å²) in [7, 11) is -6.46. The molecule has 5 nitrogen and oxygen atoms in total. The average molecular weight is 1170 g/mol. The van der Waals surface area contributed by atoms with E-state index < -0.39 is 196 Å². The van der Waals surface area contributed by atoms with Gasteiger partial charge in [-0.1, -0.05) is 241 Å². The lowest BCUT2D eigenvalue weighted by atomic mass is 9.78. The number of hydrogen-bond acceptors (Lipinski definition) is 2. The first-order valence-corrected chi connectivity index (χ1v) is 30.3. The molecule has 6 heteroatoms. The highest BCUT2D eigenvalue weighted by Crippen LogP contribution is 2.46. The molecule has 14 aromatic rings. The van der Waals surface area contributed by atoms with Gasteiger partial charge in [-0.2, -0.15) is 9.13 Å². The van der Waals surface area contributed by atoms with Crippen LogP contribution in [0.25, 0.3) is 94.5 Å². The van der Waals surface area contributed by atoms with Gasteiger partial charge >= 0.3 is 0 Å². The molecule has 0 spiro atoms. The predicted molar refractivity (Wildman–Crippen MR) is 365 cm³/mol. The van der Waals surface area contributed by atoms with E-state index in [1.54, 1.807) is 65.5 Å². The van der Waals surface area contributed by atoms with Gasteiger partial charge in [-0.25, -0.2) is 4.98 Å². The van der Waals surface area contributed by atoms with Crippen molar-refractivity contribution in [1.29, 1.82) is 0 Å². The molecule has 4 heterocycles. The van der Waals surface area contributed by atoms with E-state index in [2.05, 4.69) is 52.6 Å². The van der Waals surface area contributed by atoms with E-state index in [0.717, 1.165) is 27.4 Å². The molecule has 87 heavy (non-hydrogen) atoms. The number of pyridine rings is 1. The summed E-state index contributed by atoms with van der Waals surface area (Å²) in [5.41, 5.74) is 2.86. The molecule has 0 saturated heterocycles. The summed E-state index contributed by atoms with van der Waals surface area (Å²) in [6.07, 6.45) is 3.18. The van der Waals surface area contributed by atoms with Gasteiger partial charge in [0.2, 0.25) is 0 Å². The van der Waals surface area contributed by atoms with Crippen molar-refractivity contribution in [2.24, 2.45) is 0 Å². The van der Waals surface area contributed by atoms with Gasteiger partial charge in [0.15, 0.2) is 19.1 Å². The third-order valence-corrected chi connectivity index (χ3v) is 20.2. The Morgan fingerprint density at radius 1 is 0.471 bits per heavy atom. The minimum absolute atomic E-state index is 0.0545. The molecule has 0 unspecified atom stereocenters. The zero-order valence-corrected chi connectivity index (χ0v) is 49.1. The Hall–Kier alpha value is -10.1. The molecule has 420 valence electrons. The van der Waals surface area contributed by atoms with Crippen molar-refractivity contribution < 1.29 is 43.6 Å². The van der Waals surface area contributed by atoms with Crippen molar-refractivity contribution in [3.05, 3.63) is 296 Å². The van der Waals surface area contributed by atoms with E-state index in [1.165, 1.54) is 18.3 Å². The van der Waals surface area contributed by atoms with Gasteiger partial charge in [0, 0.05) is 49.9 Å². The minimum Gasteiger partial charge on any atom is -0.457 e. The van der Waals surface area contributed by atoms with Crippen molar-refractivity contribution in [2.45, 2.75) is 59.2 Å². The third-order valence-electron chi connectivity index (χ3n) is 16.2. The average Bonchev–Trinajstić information content (AvgIpc) is 0.723. The Kier molecular flexibility index (Phi) is 7.89. The summed E-state index contributed by atoms with van der Waals surface area (Å²) < 4.78 is 253. The quantitative estimate of drug-likeness (QED) is 0.0820. The summed E-state index contributed by atoms with van der Waals surface area (Å²) in [5, 5.41) is -2.32. The SMILES string of the molecule is [2H]c1c([2H])c([2H])c([Si](c2c([2H])c([2H])c([2H])c([2H])c2[2H])(c2c([2H])c([2H])c([2H])c([2H])c2[2H])c2c([2H])c([2H])c3c(c2[2H])-c2cccc(-c4cc(C(C)(C)C)cc(C(C)(C)C)c4)c2-[n+]2cn(-c4cccc(Oc5ccc6c7ccccc7n(-c7cc(C([2H])([2H])[2H])ccn7)c6c5)c4)c4cccc(c42)-c2c([2H])c([2H])c([2H])c([2H])c2-3)c([2H])c1[2H]. The van der Waals surface area contributed by atoms with Crippen LogP contribution < -0.4 is 30.1 Å². The van der Waals surface area contributed by atoms with Gasteiger partial charge in [-0.15, -0.1) is 0 Å². The number of rotatable bonds is 9. The fraction of sp³-hybridized carbons (Fsp3) is 0.111. The number of ether oxygens (including phenoxy) is 1. The van der Waals surface area contributed by atoms with E-state index in [9.17, 15) is 26.0 Å². The van der Waals surface area contributed by atoms with Crippen LogP contribution in [-0.2, 0) is 10.8 Å². The molecule has 0 atom stereocenters. The molecule has 0 saturated carbocycles. The minimum atomic E-state index is -6.46. The van der Waals surface area contributed by atoms with E-state index in [0.29, 0.717) is 45.2 Å². The molecule has 0 fully saturated rings. The van der Waals surface area contributed by atoms with Gasteiger partial charge in [0.05, 0.1) is 41.2 Å². The summed E-state index contributed by atoms with van der Waals surface area (Å²) in [4.78, 5) is 4.64. The number of para-hydroxylation sites is 3. The first kappa shape index (κ1) is 32.9. The van der Waals surface area contributed by atoms with Crippen LogP contribution in [0, 0.1) is 6.85 Å². The Bertz CT molecular complexity index is 6200. The van der Waals surface area contributed by atoms with Crippen LogP contribution in [0.5, 0.6) is 11.5 Å². The molecule has 0 radical (unpaired) electrons. The molecule has 15 rings (SSSR count). The van der Waals surface area contributed by atoms with Crippen LogP contribution >= 0.6 is 0 Å². The van der Waals surface area contributed by atoms with E-state index in [1.807, 2.05) is 69.8 Å². The number of nitrogens with zero attached hydrogens (tertiary/aromatic N) is 4. The molecule has 0 aliphatic carbocycles. The number of benzene rings is 11. The second kappa shape index (κ2) is 20.8. The summed E-state index contributed by atoms with van der Waals surface area (Å²) in [6.45, 7) is 9.87. The zero-order valence-electron chi connectivity index (χ0n) is 73.1. The largest absolute Gasteiger partial charge is 0.457 e. The predicted octanol–water partition coefficient (Wildman–Crippen LogP) is 17.5. The Morgan fingerprint density at radius 3 is 1.75 bits per heavy atom. The smallest absolute Gasteiger partial charge is 0.255 e. The van der Waals surface area contributed by atoms with Gasteiger partial charge in [-0.3, -0.25) is 4.57 Å². The number of fused-ring (bicyclic) bond motifs is 10. The second-order valence-corrected chi connectivity index (χ2v) is 27.1. The fourth-order valence-electron chi connectivity index (χ4n) is 12.1. The molecular formula is C81H67N4OSi+. The van der Waals surface area contributed by atoms with Crippen LogP contribution in [0.4, 0.5) is 0 Å². The molecule has 0 amide bonds. The summed E-state index contributed by atoms with van der Waals surface area (Å²) >= 11 is 0. The first-order chi connectivity index (χ1) is 52.7. The molecule has 1 aliphatic heterocycles. The van der Waals surface area contributed by atoms with E-state index >= 15 is 0 Å². The van der Waals surface area contributed by atoms with Crippen molar-refractivity contribution in [2.75, 3.05) is 0 Å². The van der Waals surface area contributed by atoms with Gasteiger partial charge < -0.3 is 4.74 Å². The maximum atomic E-state index is 11.5. The highest BCUT2D eigenvalue weighted by molar-refractivity contribution is 7.20. The van der Waals surface area contributed by atoms with E-state index in [4.69, 9.17) is 13.0 Å². The maximum absolute atomic E-state index is 11.5. The highest BCUT2D eigenvalue weighted by Gasteiger charge is 2.42. The molecule has 0 N–H and O–H groups in total. The van der Waals surface area contributed by atoms with Crippen molar-refractivity contribution in [1.82, 2.24) is 14.1 Å². The Balaban J connectivity index is 1.12. The topological polar surface area (TPSA) is 35.9 Å². The van der Waals surface area contributed by atoms with Crippen molar-refractivity contribution in [3.63, 3.8) is 0 Å². The lowest BCUT2D eigenvalue weighted by molar-refractivity contribution is -0.566. The fourth-order valence-corrected chi connectivity index (χ4v) is 15.6. The van der Waals surface area contributed by atoms with Crippen molar-refractivity contribution in [3.8, 4) is 73.2 Å². The second-order valence-electron chi connectivity index (χ2n) is 23.6. The number of hydrogen-bond donors (Lipinski definition) is 0. The van der Waals surface area contributed by atoms with Crippen LogP contribution in [0.15, 0.2) is 279 Å². The number of aromatic nitrogens is 4. The normalized spacial score (nSPS) is 16.5. The van der Waals surface area contributed by atoms with Gasteiger partial charge in [-0.05, 0) is 138 Å². The molecule has 11 aromatic carbocycles. The third kappa shape index (κ3) is 9.05. The molecule has 1 aliphatic rings. The zero-order chi connectivity index (χ0) is 80.8. The molecular weight excluding hydrogens is 1070 g/mol. The summed E-state index contributed by atoms with van der Waals surface area (Å²) in [5.74, 6) is 1.06. The van der Waals surface area contributed by atoms with Crippen LogP contribution in [0.1, 0.15) is 92.5 Å². The highest BCUT2D eigenvalue weighted by atomic mass is 28.3. The van der Waals surface area contributed by atoms with Crippen LogP contribution in [-0.4, -0.2) is 22.2 Å². The molecule has 3 aromatic heterocycles. The van der Waals surface area contributed by atoms with Gasteiger partial charge in [0.25, 0.3) is 6.33 Å². The number of imidazole rings is 1. The lowest BCUT2D eigenvalue weighted by Crippen LogP contribution is -2.74. The Morgan fingerprint density at radius 2 is 1.06 bits per heavy atom. The number of aryl methyl sites for hydroxylation is 1. The van der Waals surface area contributed by atoms with E-state index in [-0.39, 0.29) is 33.5 Å². The standard InChI is InChI=1S/C81H67N4OSi/c1-54-44-45-82-77(46-54)85-74-38-20-19-34-69(74)70-42-40-60(51-76(70)85)86-59-25-21-24-58(50-59)83-53-84-78-65(55-47-56(80(2,3)4)49-57(48-55)81(5,6)7)35-22-36-72(78)73-52-64(41-43-68(73)66-32-17-18-33-67(66)71-37-23-39-75(83)79(71)84)87(61-26-11-8-12-27-61,62-28-13-9-14-29-62)63-30-15-10-16-31-63/h8-53H,1-7H3/q+1/i1D3,8D,9D,10D,11D,12D,13D,14D,15D,16D,17D,18D,26D,27D,28D,29D,30D,31D,32D,33D,41D,43D,52D. The van der Waals surface area contributed by atoms with Crippen LogP contribution in [0.3, 0.4) is 0 Å². The maximum Gasteiger partial charge on any atom is 0.255 e. The molecule has 0 bridgehead atoms. The van der Waals surface area contributed by atoms with Crippen molar-refractivity contribution >= 4 is 61.7 Å². The lowest BCUT2D eigenvalue weighted by Gasteiger charge is -2.35. The first-order valence-electron chi connectivity index (χ1n) is 40.8. The monoisotopic (exact) mass is 1160 g/mol. The van der Waals surface area contributed by atoms with Crippen LogP contribution in [0.2, 0.25) is 0 Å². The Labute approximate surface area is 545 Å². The van der Waals surface area contributed by atoms with Gasteiger partial charge in [0.1, 0.15) is 28.7 Å².